The summed E-state index contributed by atoms with van der Waals surface area (Å²) in [6, 6.07) is -14.5. The molecule has 0 aromatic carbocycles. The average molecular weight is 1210 g/mol. The summed E-state index contributed by atoms with van der Waals surface area (Å²) in [7, 11) is 0. The number of amides is 11. The first-order chi connectivity index (χ1) is 39.4. The van der Waals surface area contributed by atoms with Gasteiger partial charge in [0.25, 0.3) is 0 Å². The number of aromatic amines is 1. The van der Waals surface area contributed by atoms with Gasteiger partial charge in [-0.25, -0.2) is 4.98 Å². The Bertz CT molecular complexity index is 2380. The number of rotatable bonds is 41. The van der Waals surface area contributed by atoms with Crippen LogP contribution in [0.25, 0.3) is 0 Å². The Labute approximate surface area is 492 Å². The van der Waals surface area contributed by atoms with Crippen LogP contribution in [-0.2, 0) is 64.0 Å². The quantitative estimate of drug-likeness (QED) is 0.0165. The van der Waals surface area contributed by atoms with Crippen molar-refractivity contribution in [2.75, 3.05) is 31.7 Å². The van der Waals surface area contributed by atoms with Crippen molar-refractivity contribution in [1.82, 2.24) is 63.1 Å². The number of nitrogens with zero attached hydrogens (tertiary/aromatic N) is 2. The minimum absolute atomic E-state index is 0.0177. The highest BCUT2D eigenvalue weighted by Gasteiger charge is 2.35. The van der Waals surface area contributed by atoms with Gasteiger partial charge >= 0.3 is 5.97 Å². The molecule has 1 rings (SSSR count). The van der Waals surface area contributed by atoms with E-state index in [1.54, 1.807) is 34.0 Å². The Balaban J connectivity index is 3.28. The molecule has 1 aromatic rings. The van der Waals surface area contributed by atoms with E-state index in [0.717, 1.165) is 0 Å². The maximum absolute atomic E-state index is 14.1. The number of carboxylic acid groups (broad SMARTS) is 1. The van der Waals surface area contributed by atoms with Gasteiger partial charge in [-0.2, -0.15) is 11.8 Å². The van der Waals surface area contributed by atoms with Gasteiger partial charge in [0, 0.05) is 31.3 Å². The van der Waals surface area contributed by atoms with Crippen molar-refractivity contribution >= 4 is 88.7 Å². The highest BCUT2D eigenvalue weighted by molar-refractivity contribution is 7.98. The molecule has 11 atom stereocenters. The van der Waals surface area contributed by atoms with Crippen molar-refractivity contribution < 1.29 is 67.7 Å². The summed E-state index contributed by atoms with van der Waals surface area (Å²) >= 11 is 1.34. The third-order valence-electron chi connectivity index (χ3n) is 12.7. The molecule has 0 spiro atoms. The predicted octanol–water partition coefficient (Wildman–Crippen LogP) is -5.83. The van der Waals surface area contributed by atoms with Crippen LogP contribution < -0.4 is 81.8 Å². The summed E-state index contributed by atoms with van der Waals surface area (Å²) in [6.45, 7) is 10.2. The molecule has 0 aliphatic carbocycles. The number of carbonyl (C=O) groups excluding carboxylic acids is 11. The summed E-state index contributed by atoms with van der Waals surface area (Å²) in [5.74, 6) is -11.4. The van der Waals surface area contributed by atoms with Crippen LogP contribution in [-0.4, -0.2) is 195 Å². The van der Waals surface area contributed by atoms with Gasteiger partial charge in [-0.15, -0.1) is 0 Å². The molecular weight excluding hydrogens is 1120 g/mol. The van der Waals surface area contributed by atoms with Crippen molar-refractivity contribution in [2.45, 2.75) is 179 Å². The second-order valence-electron chi connectivity index (χ2n) is 20.8. The Hall–Kier alpha value is -7.65. The number of H-pyrrole nitrogens is 1. The van der Waals surface area contributed by atoms with E-state index < -0.39 is 163 Å². The standard InChI is InChI=1S/C51H90N18O14S/c1-25(2)20-36(49(82)62-29(7)42(75)64-34(14-15-38(71)72)46(79)61-28(6)43(76)65-35(16-19-84-8)47(80)68-37(23-70)40(54)73)67-50(83)39(26(3)4)69-48(81)33(13-11-18-58-51(55)56)63-41(74)27(5)60-45(78)32(12-9-10-17-52)66-44(77)31(53)21-30-22-57-24-59-30/h22,24-29,31-37,39,70H,9-21,23,52-53H2,1-8H3,(H2,54,73)(H,57,59)(H,60,78)(H,61,79)(H,62,82)(H,63,74)(H,64,75)(H,65,76)(H,66,77)(H,67,83)(H,68,80)(H,69,81)(H,71,72)(H4,55,56,58). The van der Waals surface area contributed by atoms with Gasteiger partial charge in [-0.1, -0.05) is 27.7 Å². The third kappa shape index (κ3) is 28.6. The lowest BCUT2D eigenvalue weighted by Crippen LogP contribution is -2.61. The van der Waals surface area contributed by atoms with Gasteiger partial charge in [-0.3, -0.25) is 62.5 Å². The molecule has 474 valence electrons. The van der Waals surface area contributed by atoms with Gasteiger partial charge < -0.3 is 97.0 Å². The molecule has 33 heteroatoms. The zero-order chi connectivity index (χ0) is 63.8. The lowest BCUT2D eigenvalue weighted by atomic mass is 9.99. The molecule has 32 nitrogen and oxygen atoms in total. The van der Waals surface area contributed by atoms with E-state index in [2.05, 4.69) is 68.1 Å². The minimum Gasteiger partial charge on any atom is -0.481 e. The first-order valence-electron chi connectivity index (χ1n) is 27.6. The molecule has 0 fully saturated rings. The molecule has 0 bridgehead atoms. The summed E-state index contributed by atoms with van der Waals surface area (Å²) in [4.78, 5) is 170. The number of aliphatic carboxylic acids is 1. The number of imidazole rings is 1. The van der Waals surface area contributed by atoms with Crippen molar-refractivity contribution in [1.29, 1.82) is 0 Å². The number of aliphatic hydroxyl groups is 1. The molecule has 0 saturated heterocycles. The van der Waals surface area contributed by atoms with E-state index in [4.69, 9.17) is 28.7 Å². The molecule has 23 N–H and O–H groups in total. The zero-order valence-corrected chi connectivity index (χ0v) is 49.9. The fourth-order valence-corrected chi connectivity index (χ4v) is 8.31. The first kappa shape index (κ1) is 74.4. The maximum Gasteiger partial charge on any atom is 0.303 e. The highest BCUT2D eigenvalue weighted by atomic mass is 32.2. The molecule has 0 saturated carbocycles. The molecule has 11 amide bonds. The number of aromatic nitrogens is 2. The largest absolute Gasteiger partial charge is 0.481 e. The molecule has 1 heterocycles. The van der Waals surface area contributed by atoms with Crippen LogP contribution in [0.5, 0.6) is 0 Å². The fourth-order valence-electron chi connectivity index (χ4n) is 7.84. The van der Waals surface area contributed by atoms with E-state index in [9.17, 15) is 67.7 Å². The number of carboxylic acids is 1. The van der Waals surface area contributed by atoms with Crippen LogP contribution >= 0.6 is 11.8 Å². The van der Waals surface area contributed by atoms with Gasteiger partial charge in [0.1, 0.15) is 60.4 Å². The number of hydrogen-bond donors (Lipinski definition) is 18. The monoisotopic (exact) mass is 1210 g/mol. The van der Waals surface area contributed by atoms with Crippen LogP contribution in [0.2, 0.25) is 0 Å². The average Bonchev–Trinajstić information content (AvgIpc) is 4.04. The zero-order valence-electron chi connectivity index (χ0n) is 49.0. The Kier molecular flexibility index (Phi) is 34.5. The Morgan fingerprint density at radius 3 is 1.48 bits per heavy atom. The molecule has 11 unspecified atom stereocenters. The second-order valence-corrected chi connectivity index (χ2v) is 21.8. The molecule has 0 radical (unpaired) electrons. The lowest BCUT2D eigenvalue weighted by Gasteiger charge is -2.29. The third-order valence-corrected chi connectivity index (χ3v) is 13.3. The van der Waals surface area contributed by atoms with Crippen LogP contribution in [0.3, 0.4) is 0 Å². The number of guanidine groups is 1. The van der Waals surface area contributed by atoms with Gasteiger partial charge in [0.2, 0.25) is 65.0 Å². The summed E-state index contributed by atoms with van der Waals surface area (Å²) in [5.41, 5.74) is 28.6. The maximum atomic E-state index is 14.1. The number of hydrogen-bond acceptors (Lipinski definition) is 18. The minimum atomic E-state index is -1.57. The smallest absolute Gasteiger partial charge is 0.303 e. The first-order valence-corrected chi connectivity index (χ1v) is 29.0. The van der Waals surface area contributed by atoms with E-state index in [1.165, 1.54) is 45.1 Å². The SMILES string of the molecule is CSCCC(NC(=O)C(C)NC(=O)C(CCC(=O)O)NC(=O)C(C)NC(=O)C(CC(C)C)NC(=O)C(NC(=O)C(CCCN=C(N)N)NC(=O)C(C)NC(=O)C(CCCCN)NC(=O)C(N)Cc1cnc[nH]1)C(C)C)C(=O)NC(CO)C(N)=O. The van der Waals surface area contributed by atoms with Crippen LogP contribution in [0.1, 0.15) is 112 Å². The molecule has 84 heavy (non-hydrogen) atoms. The van der Waals surface area contributed by atoms with Gasteiger partial charge in [0.15, 0.2) is 5.96 Å². The number of primary amides is 1. The van der Waals surface area contributed by atoms with E-state index in [1.807, 2.05) is 0 Å². The number of aliphatic hydroxyl groups excluding tert-OH is 1. The number of carbonyl (C=O) groups is 12. The van der Waals surface area contributed by atoms with Crippen molar-refractivity contribution in [2.24, 2.45) is 45.5 Å². The fraction of sp³-hybridized carbons (Fsp3) is 0.686. The topological polar surface area (TPSA) is 537 Å². The van der Waals surface area contributed by atoms with Gasteiger partial charge in [-0.05, 0) is 103 Å². The number of unbranched alkanes of at least 4 members (excludes halogenated alkanes) is 1. The lowest BCUT2D eigenvalue weighted by molar-refractivity contribution is -0.138. The van der Waals surface area contributed by atoms with Crippen molar-refractivity contribution in [3.63, 3.8) is 0 Å². The molecule has 0 aliphatic heterocycles. The van der Waals surface area contributed by atoms with Crippen molar-refractivity contribution in [3.05, 3.63) is 18.2 Å². The van der Waals surface area contributed by atoms with E-state index in [-0.39, 0.29) is 56.9 Å². The second kappa shape index (κ2) is 39.0. The Morgan fingerprint density at radius 1 is 0.583 bits per heavy atom. The predicted molar refractivity (Wildman–Crippen MR) is 310 cm³/mol. The summed E-state index contributed by atoms with van der Waals surface area (Å²) in [5, 5.41) is 44.0. The molecule has 0 aliphatic rings. The molecule has 1 aromatic heterocycles. The van der Waals surface area contributed by atoms with Crippen molar-refractivity contribution in [3.8, 4) is 0 Å². The normalized spacial score (nSPS) is 15.1. The van der Waals surface area contributed by atoms with Crippen LogP contribution in [0, 0.1) is 11.8 Å². The number of aliphatic imine (C=N–C) groups is 1. The summed E-state index contributed by atoms with van der Waals surface area (Å²) < 4.78 is 0. The van der Waals surface area contributed by atoms with Crippen LogP contribution in [0.15, 0.2) is 17.5 Å². The number of thioether (sulfide) groups is 1. The number of nitrogens with two attached hydrogens (primary N) is 5. The summed E-state index contributed by atoms with van der Waals surface area (Å²) in [6.07, 6.45) is 5.01. The number of nitrogens with one attached hydrogen (secondary N) is 11. The highest BCUT2D eigenvalue weighted by Crippen LogP contribution is 2.12. The van der Waals surface area contributed by atoms with Gasteiger partial charge in [0.05, 0.1) is 19.0 Å². The van der Waals surface area contributed by atoms with E-state index >= 15 is 0 Å². The Morgan fingerprint density at radius 2 is 1.04 bits per heavy atom. The van der Waals surface area contributed by atoms with E-state index in [0.29, 0.717) is 30.8 Å². The molecular formula is C51H90N18O14S. The van der Waals surface area contributed by atoms with Crippen LogP contribution in [0.4, 0.5) is 0 Å².